The van der Waals surface area contributed by atoms with Gasteiger partial charge in [-0.15, -0.1) is 0 Å². The van der Waals surface area contributed by atoms with Gasteiger partial charge in [0.2, 0.25) is 0 Å². The molecule has 0 spiro atoms. The summed E-state index contributed by atoms with van der Waals surface area (Å²) in [5, 5.41) is 5.05. The molecule has 5 rings (SSSR count). The van der Waals surface area contributed by atoms with Crippen LogP contribution in [0.3, 0.4) is 0 Å². The topological polar surface area (TPSA) is 17.8 Å². The lowest BCUT2D eigenvalue weighted by atomic mass is 9.87. The van der Waals surface area contributed by atoms with Crippen LogP contribution in [0.5, 0.6) is 0 Å². The van der Waals surface area contributed by atoms with Crippen molar-refractivity contribution in [2.75, 3.05) is 0 Å². The van der Waals surface area contributed by atoms with Crippen LogP contribution in [-0.2, 0) is 12.8 Å². The van der Waals surface area contributed by atoms with Crippen molar-refractivity contribution < 1.29 is 0 Å². The van der Waals surface area contributed by atoms with E-state index in [4.69, 9.17) is 5.10 Å². The number of aromatic nitrogens is 2. The van der Waals surface area contributed by atoms with Crippen molar-refractivity contribution in [3.05, 3.63) is 96.2 Å². The van der Waals surface area contributed by atoms with Crippen molar-refractivity contribution in [3.63, 3.8) is 0 Å². The lowest BCUT2D eigenvalue weighted by Gasteiger charge is -2.18. The van der Waals surface area contributed by atoms with Gasteiger partial charge < -0.3 is 0 Å². The van der Waals surface area contributed by atoms with E-state index in [1.165, 1.54) is 27.9 Å². The average Bonchev–Trinajstić information content (AvgIpc) is 3.09. The molecule has 3 aromatic carbocycles. The summed E-state index contributed by atoms with van der Waals surface area (Å²) in [6.45, 7) is 0. The smallest absolute Gasteiger partial charge is 0.101 e. The van der Waals surface area contributed by atoms with Gasteiger partial charge >= 0.3 is 0 Å². The lowest BCUT2D eigenvalue weighted by molar-refractivity contribution is 0.782. The molecule has 0 amide bonds. The van der Waals surface area contributed by atoms with Gasteiger partial charge in [0.25, 0.3) is 0 Å². The zero-order valence-corrected chi connectivity index (χ0v) is 13.9. The maximum atomic E-state index is 5.05. The van der Waals surface area contributed by atoms with Crippen LogP contribution in [0.15, 0.2) is 84.9 Å². The number of aryl methyl sites for hydroxylation is 1. The molecule has 0 aliphatic heterocycles. The van der Waals surface area contributed by atoms with Crippen LogP contribution >= 0.6 is 0 Å². The number of rotatable bonds is 2. The quantitative estimate of drug-likeness (QED) is 0.489. The molecule has 1 heterocycles. The molecule has 0 radical (unpaired) electrons. The highest BCUT2D eigenvalue weighted by Gasteiger charge is 2.26. The second kappa shape index (κ2) is 5.75. The maximum Gasteiger partial charge on any atom is 0.101 e. The summed E-state index contributed by atoms with van der Waals surface area (Å²) in [7, 11) is 0. The van der Waals surface area contributed by atoms with E-state index in [9.17, 15) is 0 Å². The van der Waals surface area contributed by atoms with E-state index >= 15 is 0 Å². The number of hydrogen-bond acceptors (Lipinski definition) is 1. The number of nitrogens with zero attached hydrogens (tertiary/aromatic N) is 2. The summed E-state index contributed by atoms with van der Waals surface area (Å²) in [4.78, 5) is 0. The van der Waals surface area contributed by atoms with E-state index in [0.29, 0.717) is 0 Å². The third-order valence-electron chi connectivity index (χ3n) is 4.95. The van der Waals surface area contributed by atoms with Crippen LogP contribution in [0.4, 0.5) is 0 Å². The van der Waals surface area contributed by atoms with Gasteiger partial charge in [-0.3, -0.25) is 0 Å². The van der Waals surface area contributed by atoms with Crippen LogP contribution in [-0.4, -0.2) is 9.78 Å². The summed E-state index contributed by atoms with van der Waals surface area (Å²) in [5.74, 6) is 0. The SMILES string of the molecule is c1ccc(-c2nn(-c3ccccc3)c3c2-c2ccccc2CC3)cc1. The molecule has 0 fully saturated rings. The highest BCUT2D eigenvalue weighted by atomic mass is 15.3. The highest BCUT2D eigenvalue weighted by molar-refractivity contribution is 5.86. The van der Waals surface area contributed by atoms with Crippen LogP contribution < -0.4 is 0 Å². The van der Waals surface area contributed by atoms with E-state index in [0.717, 1.165) is 24.2 Å². The van der Waals surface area contributed by atoms with Gasteiger partial charge in [-0.2, -0.15) is 5.10 Å². The molecule has 0 unspecified atom stereocenters. The van der Waals surface area contributed by atoms with Crippen LogP contribution in [0.1, 0.15) is 11.3 Å². The molecule has 1 aromatic heterocycles. The van der Waals surface area contributed by atoms with Crippen LogP contribution in [0.25, 0.3) is 28.1 Å². The van der Waals surface area contributed by atoms with Gasteiger partial charge in [0.1, 0.15) is 5.69 Å². The van der Waals surface area contributed by atoms with Crippen LogP contribution in [0, 0.1) is 0 Å². The van der Waals surface area contributed by atoms with Gasteiger partial charge in [0.15, 0.2) is 0 Å². The normalized spacial score (nSPS) is 12.5. The number of benzene rings is 3. The van der Waals surface area contributed by atoms with Crippen molar-refractivity contribution in [3.8, 4) is 28.1 Å². The van der Waals surface area contributed by atoms with E-state index in [1.807, 2.05) is 6.07 Å². The summed E-state index contributed by atoms with van der Waals surface area (Å²) >= 11 is 0. The fourth-order valence-corrected chi connectivity index (χ4v) is 3.78. The first kappa shape index (κ1) is 14.2. The Kier molecular flexibility index (Phi) is 3.27. The maximum absolute atomic E-state index is 5.05. The monoisotopic (exact) mass is 322 g/mol. The first-order chi connectivity index (χ1) is 12.4. The van der Waals surface area contributed by atoms with Gasteiger partial charge in [-0.1, -0.05) is 72.8 Å². The fraction of sp³-hybridized carbons (Fsp3) is 0.0870. The molecule has 2 nitrogen and oxygen atoms in total. The predicted octanol–water partition coefficient (Wildman–Crippen LogP) is 5.30. The van der Waals surface area contributed by atoms with Gasteiger partial charge in [-0.05, 0) is 36.1 Å². The molecule has 0 N–H and O–H groups in total. The number of hydrogen-bond donors (Lipinski definition) is 0. The summed E-state index contributed by atoms with van der Waals surface area (Å²) in [6.07, 6.45) is 2.08. The van der Waals surface area contributed by atoms with Gasteiger partial charge in [0, 0.05) is 11.1 Å². The minimum Gasteiger partial charge on any atom is -0.237 e. The molecular formula is C23H18N2. The Balaban J connectivity index is 1.82. The van der Waals surface area contributed by atoms with E-state index < -0.39 is 0 Å². The third kappa shape index (κ3) is 2.30. The minimum absolute atomic E-state index is 1.01. The number of fused-ring (bicyclic) bond motifs is 3. The van der Waals surface area contributed by atoms with Gasteiger partial charge in [-0.25, -0.2) is 4.68 Å². The summed E-state index contributed by atoms with van der Waals surface area (Å²) in [6, 6.07) is 29.7. The van der Waals surface area contributed by atoms with E-state index in [-0.39, 0.29) is 0 Å². The Labute approximate surface area is 147 Å². The third-order valence-corrected chi connectivity index (χ3v) is 4.95. The standard InChI is InChI=1S/C23H18N2/c1-3-10-18(11-4-1)23-22-20-14-8-7-9-17(20)15-16-21(22)25(24-23)19-12-5-2-6-13-19/h1-14H,15-16H2. The molecule has 2 heteroatoms. The zero-order valence-electron chi connectivity index (χ0n) is 13.9. The number of para-hydroxylation sites is 1. The van der Waals surface area contributed by atoms with Gasteiger partial charge in [0.05, 0.1) is 11.4 Å². The molecule has 1 aliphatic carbocycles. The lowest BCUT2D eigenvalue weighted by Crippen LogP contribution is -2.08. The van der Waals surface area contributed by atoms with Crippen molar-refractivity contribution in [1.29, 1.82) is 0 Å². The highest BCUT2D eigenvalue weighted by Crippen LogP contribution is 2.41. The molecular weight excluding hydrogens is 304 g/mol. The first-order valence-electron chi connectivity index (χ1n) is 8.73. The molecule has 4 aromatic rings. The molecule has 0 saturated heterocycles. The predicted molar refractivity (Wildman–Crippen MR) is 102 cm³/mol. The first-order valence-corrected chi connectivity index (χ1v) is 8.73. The Hall–Kier alpha value is -3.13. The Morgan fingerprint density at radius 3 is 2.16 bits per heavy atom. The zero-order chi connectivity index (χ0) is 16.6. The van der Waals surface area contributed by atoms with Crippen molar-refractivity contribution >= 4 is 0 Å². The molecule has 25 heavy (non-hydrogen) atoms. The molecule has 0 saturated carbocycles. The van der Waals surface area contributed by atoms with Crippen molar-refractivity contribution in [2.45, 2.75) is 12.8 Å². The summed E-state index contributed by atoms with van der Waals surface area (Å²) < 4.78 is 2.13. The van der Waals surface area contributed by atoms with Crippen molar-refractivity contribution in [2.24, 2.45) is 0 Å². The molecule has 1 aliphatic rings. The fourth-order valence-electron chi connectivity index (χ4n) is 3.78. The second-order valence-electron chi connectivity index (χ2n) is 6.44. The second-order valence-corrected chi connectivity index (χ2v) is 6.44. The minimum atomic E-state index is 1.01. The Morgan fingerprint density at radius 1 is 0.680 bits per heavy atom. The van der Waals surface area contributed by atoms with E-state index in [2.05, 4.69) is 83.5 Å². The van der Waals surface area contributed by atoms with E-state index in [1.54, 1.807) is 0 Å². The van der Waals surface area contributed by atoms with Crippen molar-refractivity contribution in [1.82, 2.24) is 9.78 Å². The molecule has 0 bridgehead atoms. The Morgan fingerprint density at radius 2 is 1.36 bits per heavy atom. The molecule has 120 valence electrons. The summed E-state index contributed by atoms with van der Waals surface area (Å²) in [5.41, 5.74) is 8.71. The molecule has 0 atom stereocenters. The Bertz CT molecular complexity index is 1030. The van der Waals surface area contributed by atoms with Crippen LogP contribution in [0.2, 0.25) is 0 Å². The largest absolute Gasteiger partial charge is 0.237 e. The average molecular weight is 322 g/mol.